The van der Waals surface area contributed by atoms with Crippen LogP contribution in [0, 0.1) is 5.92 Å². The number of anilines is 2. The third-order valence-electron chi connectivity index (χ3n) is 3.93. The molecule has 5 heteroatoms. The van der Waals surface area contributed by atoms with Gasteiger partial charge >= 0.3 is 0 Å². The summed E-state index contributed by atoms with van der Waals surface area (Å²) < 4.78 is 5.43. The van der Waals surface area contributed by atoms with Gasteiger partial charge in [0.2, 0.25) is 5.75 Å². The minimum Gasteiger partial charge on any atom is -0.490 e. The minimum atomic E-state index is 0.469. The Kier molecular flexibility index (Phi) is 4.82. The van der Waals surface area contributed by atoms with Gasteiger partial charge in [-0.3, -0.25) is 0 Å². The van der Waals surface area contributed by atoms with Crippen molar-refractivity contribution < 1.29 is 4.74 Å². The Balaban J connectivity index is 2.17. The van der Waals surface area contributed by atoms with Crippen LogP contribution in [-0.2, 0) is 0 Å². The first-order valence-electron chi connectivity index (χ1n) is 7.09. The van der Waals surface area contributed by atoms with Crippen molar-refractivity contribution in [3.05, 3.63) is 6.33 Å². The second-order valence-corrected chi connectivity index (χ2v) is 5.22. The van der Waals surface area contributed by atoms with Crippen LogP contribution >= 0.6 is 0 Å². The SMILES string of the molecule is CNc1ncnc(NC2CCCCCC2C)c1OC. The average Bonchev–Trinajstić information content (AvgIpc) is 2.64. The van der Waals surface area contributed by atoms with Gasteiger partial charge in [-0.1, -0.05) is 26.2 Å². The van der Waals surface area contributed by atoms with Gasteiger partial charge in [0.25, 0.3) is 0 Å². The highest BCUT2D eigenvalue weighted by Gasteiger charge is 2.22. The standard InChI is InChI=1S/C14H24N4O/c1-10-7-5-4-6-8-11(10)18-14-12(19-3)13(15-2)16-9-17-14/h9-11H,4-8H2,1-3H3,(H2,15,16,17,18). The molecular formula is C14H24N4O. The fraction of sp³-hybridized carbons (Fsp3) is 0.714. The summed E-state index contributed by atoms with van der Waals surface area (Å²) in [5.74, 6) is 2.88. The monoisotopic (exact) mass is 264 g/mol. The number of nitrogens with zero attached hydrogens (tertiary/aromatic N) is 2. The maximum atomic E-state index is 5.43. The van der Waals surface area contributed by atoms with Crippen LogP contribution in [0.25, 0.3) is 0 Å². The predicted octanol–water partition coefficient (Wildman–Crippen LogP) is 2.91. The zero-order valence-corrected chi connectivity index (χ0v) is 12.1. The van der Waals surface area contributed by atoms with Crippen LogP contribution < -0.4 is 15.4 Å². The summed E-state index contributed by atoms with van der Waals surface area (Å²) in [6.07, 6.45) is 8.01. The van der Waals surface area contributed by atoms with E-state index in [9.17, 15) is 0 Å². The molecule has 1 aromatic heterocycles. The van der Waals surface area contributed by atoms with E-state index in [1.807, 2.05) is 7.05 Å². The molecule has 0 spiro atoms. The zero-order chi connectivity index (χ0) is 13.7. The van der Waals surface area contributed by atoms with Crippen LogP contribution in [0.2, 0.25) is 0 Å². The molecule has 1 aromatic rings. The summed E-state index contributed by atoms with van der Waals surface area (Å²) >= 11 is 0. The lowest BCUT2D eigenvalue weighted by Gasteiger charge is -2.24. The van der Waals surface area contributed by atoms with E-state index in [0.717, 1.165) is 11.6 Å². The van der Waals surface area contributed by atoms with E-state index in [4.69, 9.17) is 4.74 Å². The number of ether oxygens (including phenoxy) is 1. The first-order chi connectivity index (χ1) is 9.26. The van der Waals surface area contributed by atoms with Gasteiger partial charge < -0.3 is 15.4 Å². The maximum Gasteiger partial charge on any atom is 0.204 e. The quantitative estimate of drug-likeness (QED) is 0.819. The average molecular weight is 264 g/mol. The zero-order valence-electron chi connectivity index (χ0n) is 12.1. The summed E-state index contributed by atoms with van der Waals surface area (Å²) in [5.41, 5.74) is 0. The maximum absolute atomic E-state index is 5.43. The lowest BCUT2D eigenvalue weighted by atomic mass is 9.97. The fourth-order valence-corrected chi connectivity index (χ4v) is 2.73. The summed E-state index contributed by atoms with van der Waals surface area (Å²) in [5, 5.41) is 6.58. The smallest absolute Gasteiger partial charge is 0.204 e. The molecule has 1 fully saturated rings. The predicted molar refractivity (Wildman–Crippen MR) is 77.8 cm³/mol. The number of hydrogen-bond donors (Lipinski definition) is 2. The third kappa shape index (κ3) is 3.28. The molecule has 2 rings (SSSR count). The van der Waals surface area contributed by atoms with E-state index in [2.05, 4.69) is 27.5 Å². The topological polar surface area (TPSA) is 59.1 Å². The number of hydrogen-bond acceptors (Lipinski definition) is 5. The molecule has 106 valence electrons. The Morgan fingerprint density at radius 2 is 1.89 bits per heavy atom. The summed E-state index contributed by atoms with van der Waals surface area (Å²) in [6, 6.07) is 0.469. The van der Waals surface area contributed by atoms with E-state index >= 15 is 0 Å². The molecule has 2 unspecified atom stereocenters. The van der Waals surface area contributed by atoms with Gasteiger partial charge in [-0.25, -0.2) is 9.97 Å². The van der Waals surface area contributed by atoms with E-state index in [1.165, 1.54) is 32.1 Å². The number of methoxy groups -OCH3 is 1. The largest absolute Gasteiger partial charge is 0.490 e. The highest BCUT2D eigenvalue weighted by atomic mass is 16.5. The van der Waals surface area contributed by atoms with Crippen molar-refractivity contribution >= 4 is 11.6 Å². The molecule has 5 nitrogen and oxygen atoms in total. The van der Waals surface area contributed by atoms with Crippen LogP contribution in [-0.4, -0.2) is 30.2 Å². The number of nitrogens with one attached hydrogen (secondary N) is 2. The van der Waals surface area contributed by atoms with Crippen LogP contribution in [0.5, 0.6) is 5.75 Å². The molecular weight excluding hydrogens is 240 g/mol. The molecule has 0 bridgehead atoms. The van der Waals surface area contributed by atoms with Crippen molar-refractivity contribution in [1.29, 1.82) is 0 Å². The van der Waals surface area contributed by atoms with Crippen LogP contribution in [0.4, 0.5) is 11.6 Å². The van der Waals surface area contributed by atoms with Gasteiger partial charge in [-0.2, -0.15) is 0 Å². The lowest BCUT2D eigenvalue weighted by Crippen LogP contribution is -2.27. The first-order valence-corrected chi connectivity index (χ1v) is 7.09. The second-order valence-electron chi connectivity index (χ2n) is 5.22. The molecule has 1 heterocycles. The molecule has 1 saturated carbocycles. The fourth-order valence-electron chi connectivity index (χ4n) is 2.73. The van der Waals surface area contributed by atoms with Gasteiger partial charge in [0.1, 0.15) is 6.33 Å². The van der Waals surface area contributed by atoms with Gasteiger partial charge in [-0.15, -0.1) is 0 Å². The number of aromatic nitrogens is 2. The molecule has 1 aliphatic carbocycles. The lowest BCUT2D eigenvalue weighted by molar-refractivity contribution is 0.410. The van der Waals surface area contributed by atoms with E-state index < -0.39 is 0 Å². The molecule has 2 N–H and O–H groups in total. The normalized spacial score (nSPS) is 23.5. The van der Waals surface area contributed by atoms with E-state index in [1.54, 1.807) is 13.4 Å². The molecule has 0 aromatic carbocycles. The molecule has 0 saturated heterocycles. The Morgan fingerprint density at radius 3 is 2.63 bits per heavy atom. The minimum absolute atomic E-state index is 0.469. The Hall–Kier alpha value is -1.52. The number of rotatable bonds is 4. The van der Waals surface area contributed by atoms with E-state index in [-0.39, 0.29) is 0 Å². The molecule has 19 heavy (non-hydrogen) atoms. The van der Waals surface area contributed by atoms with Crippen molar-refractivity contribution in [3.8, 4) is 5.75 Å². The van der Waals surface area contributed by atoms with Gasteiger partial charge in [0.05, 0.1) is 7.11 Å². The Bertz CT molecular complexity index is 410. The van der Waals surface area contributed by atoms with Crippen molar-refractivity contribution in [2.45, 2.75) is 45.1 Å². The van der Waals surface area contributed by atoms with Crippen molar-refractivity contribution in [2.24, 2.45) is 5.92 Å². The highest BCUT2D eigenvalue weighted by Crippen LogP contribution is 2.32. The summed E-state index contributed by atoms with van der Waals surface area (Å²) in [7, 11) is 3.49. The second kappa shape index (κ2) is 6.59. The molecule has 1 aliphatic rings. The molecule has 0 amide bonds. The van der Waals surface area contributed by atoms with Crippen LogP contribution in [0.15, 0.2) is 6.33 Å². The summed E-state index contributed by atoms with van der Waals surface area (Å²) in [6.45, 7) is 2.32. The Labute approximate surface area is 115 Å². The third-order valence-corrected chi connectivity index (χ3v) is 3.93. The van der Waals surface area contributed by atoms with Crippen molar-refractivity contribution in [2.75, 3.05) is 24.8 Å². The molecule has 0 radical (unpaired) electrons. The van der Waals surface area contributed by atoms with Gasteiger partial charge in [0, 0.05) is 13.1 Å². The van der Waals surface area contributed by atoms with Crippen LogP contribution in [0.3, 0.4) is 0 Å². The van der Waals surface area contributed by atoms with Gasteiger partial charge in [0.15, 0.2) is 11.6 Å². The van der Waals surface area contributed by atoms with Gasteiger partial charge in [-0.05, 0) is 18.8 Å². The van der Waals surface area contributed by atoms with Crippen molar-refractivity contribution in [3.63, 3.8) is 0 Å². The molecule has 2 atom stereocenters. The summed E-state index contributed by atoms with van der Waals surface area (Å²) in [4.78, 5) is 8.50. The molecule has 0 aliphatic heterocycles. The van der Waals surface area contributed by atoms with E-state index in [0.29, 0.717) is 17.7 Å². The van der Waals surface area contributed by atoms with Crippen LogP contribution in [0.1, 0.15) is 39.0 Å². The highest BCUT2D eigenvalue weighted by molar-refractivity contribution is 5.63. The Morgan fingerprint density at radius 1 is 1.16 bits per heavy atom. The van der Waals surface area contributed by atoms with Crippen molar-refractivity contribution in [1.82, 2.24) is 9.97 Å². The first kappa shape index (κ1) is 13.9.